The SMILES string of the molecule is Cc1ccc(OC(=O)N2CCN3C(=O)[C@H]([C@@H](C)O)NC(=O)[C@H]3C2)cc1. The lowest BCUT2D eigenvalue weighted by atomic mass is 10.0. The highest BCUT2D eigenvalue weighted by molar-refractivity contribution is 5.98. The van der Waals surface area contributed by atoms with Gasteiger partial charge in [-0.2, -0.15) is 0 Å². The van der Waals surface area contributed by atoms with E-state index in [1.165, 1.54) is 16.7 Å². The molecule has 25 heavy (non-hydrogen) atoms. The van der Waals surface area contributed by atoms with Crippen molar-refractivity contribution in [3.63, 3.8) is 0 Å². The standard InChI is InChI=1S/C17H21N3O5/c1-10-3-5-12(6-4-10)25-17(24)19-7-8-20-13(9-19)15(22)18-14(11(2)21)16(20)23/h3-6,11,13-14,21H,7-9H2,1-2H3,(H,18,22)/t11-,13-,14+/m1/s1. The molecule has 134 valence electrons. The fourth-order valence-electron chi connectivity index (χ4n) is 3.03. The second-order valence-electron chi connectivity index (χ2n) is 6.40. The lowest BCUT2D eigenvalue weighted by molar-refractivity contribution is -0.155. The fraction of sp³-hybridized carbons (Fsp3) is 0.471. The quantitative estimate of drug-likeness (QED) is 0.777. The zero-order valence-electron chi connectivity index (χ0n) is 14.1. The van der Waals surface area contributed by atoms with Crippen LogP contribution in [-0.2, 0) is 9.59 Å². The average molecular weight is 347 g/mol. The molecule has 8 heteroatoms. The Morgan fingerprint density at radius 2 is 1.96 bits per heavy atom. The van der Waals surface area contributed by atoms with Gasteiger partial charge in [0, 0.05) is 13.1 Å². The van der Waals surface area contributed by atoms with Crippen molar-refractivity contribution in [3.05, 3.63) is 29.8 Å². The van der Waals surface area contributed by atoms with E-state index < -0.39 is 24.3 Å². The Morgan fingerprint density at radius 1 is 1.28 bits per heavy atom. The maximum atomic E-state index is 12.4. The third-order valence-corrected chi connectivity index (χ3v) is 4.50. The first-order chi connectivity index (χ1) is 11.9. The molecule has 2 aliphatic rings. The molecule has 3 atom stereocenters. The van der Waals surface area contributed by atoms with Gasteiger partial charge >= 0.3 is 6.09 Å². The number of hydrogen-bond acceptors (Lipinski definition) is 5. The third-order valence-electron chi connectivity index (χ3n) is 4.50. The molecular weight excluding hydrogens is 326 g/mol. The van der Waals surface area contributed by atoms with Crippen LogP contribution in [0.25, 0.3) is 0 Å². The van der Waals surface area contributed by atoms with Crippen molar-refractivity contribution in [1.29, 1.82) is 0 Å². The summed E-state index contributed by atoms with van der Waals surface area (Å²) < 4.78 is 5.32. The first kappa shape index (κ1) is 17.2. The van der Waals surface area contributed by atoms with Gasteiger partial charge in [-0.1, -0.05) is 17.7 Å². The molecule has 2 saturated heterocycles. The summed E-state index contributed by atoms with van der Waals surface area (Å²) in [5, 5.41) is 12.2. The Morgan fingerprint density at radius 3 is 2.60 bits per heavy atom. The molecule has 0 aromatic heterocycles. The summed E-state index contributed by atoms with van der Waals surface area (Å²) in [5.74, 6) is -0.277. The Bertz CT molecular complexity index is 688. The highest BCUT2D eigenvalue weighted by Gasteiger charge is 2.45. The van der Waals surface area contributed by atoms with Crippen molar-refractivity contribution in [2.45, 2.75) is 32.0 Å². The number of amides is 3. The Labute approximate surface area is 145 Å². The number of aryl methyl sites for hydroxylation is 1. The molecule has 2 fully saturated rings. The number of aliphatic hydroxyl groups excluding tert-OH is 1. The predicted molar refractivity (Wildman–Crippen MR) is 87.9 cm³/mol. The number of rotatable bonds is 2. The minimum absolute atomic E-state index is 0.0643. The molecule has 3 rings (SSSR count). The molecular formula is C17H21N3O5. The molecule has 2 N–H and O–H groups in total. The van der Waals surface area contributed by atoms with Gasteiger partial charge in [0.1, 0.15) is 17.8 Å². The van der Waals surface area contributed by atoms with Gasteiger partial charge in [-0.25, -0.2) is 4.79 Å². The van der Waals surface area contributed by atoms with Crippen LogP contribution in [0.5, 0.6) is 5.75 Å². The van der Waals surface area contributed by atoms with Gasteiger partial charge in [0.25, 0.3) is 0 Å². The second-order valence-corrected chi connectivity index (χ2v) is 6.40. The number of hydrogen-bond donors (Lipinski definition) is 2. The van der Waals surface area contributed by atoms with Gasteiger partial charge in [-0.05, 0) is 26.0 Å². The van der Waals surface area contributed by atoms with E-state index in [4.69, 9.17) is 4.74 Å². The summed E-state index contributed by atoms with van der Waals surface area (Å²) in [5.41, 5.74) is 1.05. The molecule has 0 radical (unpaired) electrons. The van der Waals surface area contributed by atoms with E-state index >= 15 is 0 Å². The second kappa shape index (κ2) is 6.72. The largest absolute Gasteiger partial charge is 0.415 e. The highest BCUT2D eigenvalue weighted by Crippen LogP contribution is 2.19. The maximum Gasteiger partial charge on any atom is 0.415 e. The number of nitrogens with zero attached hydrogens (tertiary/aromatic N) is 2. The van der Waals surface area contributed by atoms with Crippen molar-refractivity contribution in [3.8, 4) is 5.75 Å². The molecule has 2 aliphatic heterocycles. The van der Waals surface area contributed by atoms with Crippen LogP contribution in [0.15, 0.2) is 24.3 Å². The van der Waals surface area contributed by atoms with E-state index in [1.807, 2.05) is 19.1 Å². The summed E-state index contributed by atoms with van der Waals surface area (Å²) in [6, 6.07) is 5.38. The van der Waals surface area contributed by atoms with Gasteiger partial charge in [0.05, 0.1) is 12.6 Å². The van der Waals surface area contributed by atoms with Crippen LogP contribution in [0.2, 0.25) is 0 Å². The molecule has 1 aromatic rings. The van der Waals surface area contributed by atoms with Gasteiger partial charge in [0.2, 0.25) is 11.8 Å². The van der Waals surface area contributed by atoms with Crippen LogP contribution in [0, 0.1) is 6.92 Å². The van der Waals surface area contributed by atoms with E-state index in [2.05, 4.69) is 5.32 Å². The number of nitrogens with one attached hydrogen (secondary N) is 1. The number of piperazine rings is 2. The van der Waals surface area contributed by atoms with Crippen LogP contribution in [0.3, 0.4) is 0 Å². The normalized spacial score (nSPS) is 24.4. The topological polar surface area (TPSA) is 99.2 Å². The molecule has 3 amide bonds. The lowest BCUT2D eigenvalue weighted by Gasteiger charge is -2.45. The number of carbonyl (C=O) groups excluding carboxylic acids is 3. The van der Waals surface area contributed by atoms with Crippen molar-refractivity contribution < 1.29 is 24.2 Å². The van der Waals surface area contributed by atoms with Crippen LogP contribution in [0.1, 0.15) is 12.5 Å². The molecule has 0 bridgehead atoms. The van der Waals surface area contributed by atoms with E-state index in [0.717, 1.165) is 5.56 Å². The van der Waals surface area contributed by atoms with Crippen molar-refractivity contribution >= 4 is 17.9 Å². The average Bonchev–Trinajstić information content (AvgIpc) is 2.59. The zero-order valence-corrected chi connectivity index (χ0v) is 14.1. The van der Waals surface area contributed by atoms with E-state index in [9.17, 15) is 19.5 Å². The van der Waals surface area contributed by atoms with Crippen LogP contribution >= 0.6 is 0 Å². The fourth-order valence-corrected chi connectivity index (χ4v) is 3.03. The molecule has 0 aliphatic carbocycles. The smallest absolute Gasteiger partial charge is 0.410 e. The first-order valence-electron chi connectivity index (χ1n) is 8.19. The van der Waals surface area contributed by atoms with Gasteiger partial charge < -0.3 is 25.0 Å². The monoisotopic (exact) mass is 347 g/mol. The third kappa shape index (κ3) is 3.43. The Kier molecular flexibility index (Phi) is 4.63. The summed E-state index contributed by atoms with van der Waals surface area (Å²) in [6.45, 7) is 3.95. The van der Waals surface area contributed by atoms with E-state index in [1.54, 1.807) is 12.1 Å². The molecule has 0 saturated carbocycles. The zero-order chi connectivity index (χ0) is 18.1. The van der Waals surface area contributed by atoms with Gasteiger partial charge in [0.15, 0.2) is 0 Å². The van der Waals surface area contributed by atoms with Crippen LogP contribution in [0.4, 0.5) is 4.79 Å². The van der Waals surface area contributed by atoms with Gasteiger partial charge in [-0.15, -0.1) is 0 Å². The predicted octanol–water partition coefficient (Wildman–Crippen LogP) is -0.114. The van der Waals surface area contributed by atoms with Gasteiger partial charge in [-0.3, -0.25) is 9.59 Å². The minimum Gasteiger partial charge on any atom is -0.410 e. The number of ether oxygens (including phenoxy) is 1. The maximum absolute atomic E-state index is 12.4. The highest BCUT2D eigenvalue weighted by atomic mass is 16.6. The molecule has 8 nitrogen and oxygen atoms in total. The minimum atomic E-state index is -0.970. The summed E-state index contributed by atoms with van der Waals surface area (Å²) in [4.78, 5) is 39.8. The first-order valence-corrected chi connectivity index (χ1v) is 8.19. The molecule has 0 spiro atoms. The summed E-state index contributed by atoms with van der Waals surface area (Å²) >= 11 is 0. The number of aliphatic hydroxyl groups is 1. The summed E-state index contributed by atoms with van der Waals surface area (Å²) in [7, 11) is 0. The molecule has 2 heterocycles. The molecule has 0 unspecified atom stereocenters. The lowest BCUT2D eigenvalue weighted by Crippen LogP contribution is -2.71. The van der Waals surface area contributed by atoms with E-state index in [0.29, 0.717) is 5.75 Å². The van der Waals surface area contributed by atoms with Crippen LogP contribution in [-0.4, -0.2) is 70.6 Å². The Hall–Kier alpha value is -2.61. The van der Waals surface area contributed by atoms with Crippen molar-refractivity contribution in [2.24, 2.45) is 0 Å². The van der Waals surface area contributed by atoms with Crippen molar-refractivity contribution in [1.82, 2.24) is 15.1 Å². The number of fused-ring (bicyclic) bond motifs is 1. The number of benzene rings is 1. The molecule has 1 aromatic carbocycles. The Balaban J connectivity index is 1.66. The summed E-state index contributed by atoms with van der Waals surface area (Å²) in [6.07, 6.45) is -1.52. The van der Waals surface area contributed by atoms with Crippen LogP contribution < -0.4 is 10.1 Å². The van der Waals surface area contributed by atoms with E-state index in [-0.39, 0.29) is 31.4 Å². The van der Waals surface area contributed by atoms with Crippen molar-refractivity contribution in [2.75, 3.05) is 19.6 Å². The number of carbonyl (C=O) groups is 3.